The number of aliphatic imine (C=N–C) groups is 1. The monoisotopic (exact) mass is 367 g/mol. The highest BCUT2D eigenvalue weighted by molar-refractivity contribution is 5.79. The van der Waals surface area contributed by atoms with Gasteiger partial charge in [-0.15, -0.1) is 0 Å². The molecular weight excluding hydrogens is 338 g/mol. The molecule has 0 saturated carbocycles. The van der Waals surface area contributed by atoms with Crippen LogP contribution in [-0.4, -0.2) is 38.8 Å². The van der Waals surface area contributed by atoms with Gasteiger partial charge < -0.3 is 20.1 Å². The molecule has 0 aromatic heterocycles. The number of rotatable bonds is 9. The summed E-state index contributed by atoms with van der Waals surface area (Å²) in [5.41, 5.74) is 2.50. The fourth-order valence-corrected chi connectivity index (χ4v) is 3.10. The molecule has 2 aromatic carbocycles. The zero-order chi connectivity index (χ0) is 18.7. The number of unbranched alkanes of at least 4 members (excludes halogenated alkanes) is 1. The minimum Gasteiger partial charge on any atom is -0.488 e. The van der Waals surface area contributed by atoms with Gasteiger partial charge in [-0.1, -0.05) is 48.5 Å². The van der Waals surface area contributed by atoms with Crippen LogP contribution in [0, 0.1) is 0 Å². The summed E-state index contributed by atoms with van der Waals surface area (Å²) < 4.78 is 11.7. The van der Waals surface area contributed by atoms with Crippen LogP contribution in [0.4, 0.5) is 0 Å². The molecule has 5 heteroatoms. The molecule has 1 aliphatic rings. The smallest absolute Gasteiger partial charge is 0.191 e. The summed E-state index contributed by atoms with van der Waals surface area (Å²) in [4.78, 5) is 4.28. The number of fused-ring (bicyclic) bond motifs is 1. The second-order valence-electron chi connectivity index (χ2n) is 6.68. The van der Waals surface area contributed by atoms with E-state index in [2.05, 4.69) is 39.9 Å². The van der Waals surface area contributed by atoms with Crippen molar-refractivity contribution in [2.75, 3.05) is 26.7 Å². The molecule has 5 nitrogen and oxygen atoms in total. The van der Waals surface area contributed by atoms with Crippen LogP contribution in [0.1, 0.15) is 24.0 Å². The number of ether oxygens (including phenoxy) is 2. The van der Waals surface area contributed by atoms with Gasteiger partial charge in [0.1, 0.15) is 11.9 Å². The Morgan fingerprint density at radius 3 is 2.70 bits per heavy atom. The topological polar surface area (TPSA) is 54.9 Å². The largest absolute Gasteiger partial charge is 0.488 e. The summed E-state index contributed by atoms with van der Waals surface area (Å²) in [6.07, 6.45) is 3.17. The summed E-state index contributed by atoms with van der Waals surface area (Å²) in [5.74, 6) is 1.82. The van der Waals surface area contributed by atoms with Gasteiger partial charge in [-0.25, -0.2) is 0 Å². The highest BCUT2D eigenvalue weighted by atomic mass is 16.5. The van der Waals surface area contributed by atoms with Gasteiger partial charge in [-0.05, 0) is 30.0 Å². The van der Waals surface area contributed by atoms with E-state index in [-0.39, 0.29) is 6.10 Å². The zero-order valence-corrected chi connectivity index (χ0v) is 16.0. The molecule has 1 heterocycles. The molecule has 1 aliphatic heterocycles. The average molecular weight is 367 g/mol. The van der Waals surface area contributed by atoms with Crippen LogP contribution in [0.15, 0.2) is 59.6 Å². The number of hydrogen-bond acceptors (Lipinski definition) is 3. The molecule has 1 atom stereocenters. The van der Waals surface area contributed by atoms with E-state index < -0.39 is 0 Å². The minimum atomic E-state index is 0.160. The van der Waals surface area contributed by atoms with Crippen molar-refractivity contribution in [3.05, 3.63) is 65.7 Å². The van der Waals surface area contributed by atoms with Crippen LogP contribution < -0.4 is 15.4 Å². The lowest BCUT2D eigenvalue weighted by Gasteiger charge is -2.15. The van der Waals surface area contributed by atoms with Gasteiger partial charge in [-0.2, -0.15) is 0 Å². The quantitative estimate of drug-likeness (QED) is 0.406. The second kappa shape index (κ2) is 10.6. The van der Waals surface area contributed by atoms with Gasteiger partial charge in [0.2, 0.25) is 0 Å². The Hall–Kier alpha value is -2.53. The van der Waals surface area contributed by atoms with Crippen LogP contribution in [0.3, 0.4) is 0 Å². The summed E-state index contributed by atoms with van der Waals surface area (Å²) in [6.45, 7) is 3.08. The summed E-state index contributed by atoms with van der Waals surface area (Å²) in [5, 5.41) is 6.70. The maximum atomic E-state index is 5.95. The summed E-state index contributed by atoms with van der Waals surface area (Å²) in [6, 6.07) is 18.5. The molecule has 2 aromatic rings. The Morgan fingerprint density at radius 2 is 1.89 bits per heavy atom. The van der Waals surface area contributed by atoms with E-state index in [0.29, 0.717) is 6.61 Å². The Morgan fingerprint density at radius 1 is 1.07 bits per heavy atom. The van der Waals surface area contributed by atoms with Crippen molar-refractivity contribution in [3.8, 4) is 5.75 Å². The predicted molar refractivity (Wildman–Crippen MR) is 109 cm³/mol. The molecule has 2 N–H and O–H groups in total. The van der Waals surface area contributed by atoms with E-state index in [9.17, 15) is 0 Å². The van der Waals surface area contributed by atoms with Gasteiger partial charge in [0.25, 0.3) is 0 Å². The predicted octanol–water partition coefficient (Wildman–Crippen LogP) is 3.15. The van der Waals surface area contributed by atoms with Gasteiger partial charge in [0.05, 0.1) is 13.2 Å². The zero-order valence-electron chi connectivity index (χ0n) is 16.0. The van der Waals surface area contributed by atoms with E-state index in [4.69, 9.17) is 9.47 Å². The van der Waals surface area contributed by atoms with E-state index >= 15 is 0 Å². The van der Waals surface area contributed by atoms with E-state index in [1.165, 1.54) is 11.1 Å². The second-order valence-corrected chi connectivity index (χ2v) is 6.68. The number of nitrogens with zero attached hydrogens (tertiary/aromatic N) is 1. The molecule has 0 bridgehead atoms. The van der Waals surface area contributed by atoms with Gasteiger partial charge in [0, 0.05) is 26.6 Å². The van der Waals surface area contributed by atoms with Gasteiger partial charge in [-0.3, -0.25) is 4.99 Å². The number of guanidine groups is 1. The third kappa shape index (κ3) is 6.29. The highest BCUT2D eigenvalue weighted by Gasteiger charge is 2.22. The molecule has 144 valence electrons. The molecule has 1 unspecified atom stereocenters. The van der Waals surface area contributed by atoms with Crippen molar-refractivity contribution < 1.29 is 9.47 Å². The Balaban J connectivity index is 1.23. The molecule has 0 spiro atoms. The molecule has 0 saturated heterocycles. The standard InChI is InChI=1S/C22H29N3O2/c1-23-22(25-16-20-15-19-11-5-6-12-21(19)27-20)24-13-7-8-14-26-17-18-9-3-2-4-10-18/h2-6,9-12,20H,7-8,13-17H2,1H3,(H2,23,24,25). The fourth-order valence-electron chi connectivity index (χ4n) is 3.10. The molecule has 0 radical (unpaired) electrons. The van der Waals surface area contributed by atoms with Crippen LogP contribution in [0.2, 0.25) is 0 Å². The first-order valence-electron chi connectivity index (χ1n) is 9.66. The highest BCUT2D eigenvalue weighted by Crippen LogP contribution is 2.27. The Kier molecular flexibility index (Phi) is 7.54. The molecule has 0 amide bonds. The molecule has 0 fully saturated rings. The number of benzene rings is 2. The van der Waals surface area contributed by atoms with Crippen LogP contribution in [-0.2, 0) is 17.8 Å². The first-order valence-corrected chi connectivity index (χ1v) is 9.66. The third-order valence-corrected chi connectivity index (χ3v) is 4.55. The first-order chi connectivity index (χ1) is 13.3. The lowest BCUT2D eigenvalue weighted by molar-refractivity contribution is 0.117. The lowest BCUT2D eigenvalue weighted by atomic mass is 10.1. The SMILES string of the molecule is CN=C(NCCCCOCc1ccccc1)NCC1Cc2ccccc2O1. The van der Waals surface area contributed by atoms with Crippen molar-refractivity contribution >= 4 is 5.96 Å². The fraction of sp³-hybridized carbons (Fsp3) is 0.409. The maximum Gasteiger partial charge on any atom is 0.191 e. The van der Waals surface area contributed by atoms with Crippen molar-refractivity contribution in [3.63, 3.8) is 0 Å². The normalized spacial score (nSPS) is 15.9. The molecule has 0 aliphatic carbocycles. The molecule has 3 rings (SSSR count). The summed E-state index contributed by atoms with van der Waals surface area (Å²) in [7, 11) is 1.79. The number of para-hydroxylation sites is 1. The van der Waals surface area contributed by atoms with Crippen molar-refractivity contribution in [2.45, 2.75) is 32.0 Å². The number of hydrogen-bond donors (Lipinski definition) is 2. The number of nitrogens with one attached hydrogen (secondary N) is 2. The van der Waals surface area contributed by atoms with E-state index in [0.717, 1.165) is 50.7 Å². The Labute approximate surface area is 161 Å². The van der Waals surface area contributed by atoms with Gasteiger partial charge in [0.15, 0.2) is 5.96 Å². The van der Waals surface area contributed by atoms with Crippen molar-refractivity contribution in [1.82, 2.24) is 10.6 Å². The summed E-state index contributed by atoms with van der Waals surface area (Å²) >= 11 is 0. The van der Waals surface area contributed by atoms with E-state index in [1.807, 2.05) is 30.3 Å². The van der Waals surface area contributed by atoms with Crippen LogP contribution >= 0.6 is 0 Å². The minimum absolute atomic E-state index is 0.160. The van der Waals surface area contributed by atoms with Crippen LogP contribution in [0.25, 0.3) is 0 Å². The maximum absolute atomic E-state index is 5.95. The van der Waals surface area contributed by atoms with Gasteiger partial charge >= 0.3 is 0 Å². The van der Waals surface area contributed by atoms with Crippen molar-refractivity contribution in [1.29, 1.82) is 0 Å². The molecular formula is C22H29N3O2. The Bertz CT molecular complexity index is 694. The average Bonchev–Trinajstić information content (AvgIpc) is 3.13. The molecule has 27 heavy (non-hydrogen) atoms. The first kappa shape index (κ1) is 19.2. The third-order valence-electron chi connectivity index (χ3n) is 4.55. The van der Waals surface area contributed by atoms with Crippen molar-refractivity contribution in [2.24, 2.45) is 4.99 Å². The van der Waals surface area contributed by atoms with Crippen LogP contribution in [0.5, 0.6) is 5.75 Å². The van der Waals surface area contributed by atoms with E-state index in [1.54, 1.807) is 7.05 Å². The lowest BCUT2D eigenvalue weighted by Crippen LogP contribution is -2.42.